The molecule has 0 aliphatic heterocycles. The highest BCUT2D eigenvalue weighted by atomic mass is 16.5. The topological polar surface area (TPSA) is 62.1 Å². The number of carbonyl (C=O) groups excluding carboxylic acids is 1. The van der Waals surface area contributed by atoms with Gasteiger partial charge in [0.05, 0.1) is 5.56 Å². The van der Waals surface area contributed by atoms with E-state index in [0.717, 1.165) is 16.8 Å². The van der Waals surface area contributed by atoms with Crippen LogP contribution >= 0.6 is 0 Å². The number of aryl methyl sites for hydroxylation is 2. The average Bonchev–Trinajstić information content (AvgIpc) is 2.51. The molecule has 124 valence electrons. The smallest absolute Gasteiger partial charge is 0.265 e. The monoisotopic (exact) mass is 322 g/mol. The van der Waals surface area contributed by atoms with E-state index in [-0.39, 0.29) is 11.8 Å². The largest absolute Gasteiger partial charge is 0.479 e. The van der Waals surface area contributed by atoms with Gasteiger partial charge in [0.2, 0.25) is 0 Å². The van der Waals surface area contributed by atoms with Gasteiger partial charge >= 0.3 is 0 Å². The molecule has 1 atom stereocenters. The van der Waals surface area contributed by atoms with E-state index in [1.54, 1.807) is 24.3 Å². The van der Waals surface area contributed by atoms with E-state index in [4.69, 9.17) is 4.74 Å². The lowest BCUT2D eigenvalue weighted by Crippen LogP contribution is -2.37. The molecule has 0 aliphatic rings. The molecule has 1 unspecified atom stereocenters. The van der Waals surface area contributed by atoms with Gasteiger partial charge in [0, 0.05) is 5.69 Å². The summed E-state index contributed by atoms with van der Waals surface area (Å²) in [4.78, 5) is 12.7. The lowest BCUT2D eigenvalue weighted by Gasteiger charge is -2.22. The zero-order chi connectivity index (χ0) is 17.7. The maximum Gasteiger partial charge on any atom is 0.265 e. The Labute approximate surface area is 143 Å². The second-order valence-electron chi connectivity index (χ2n) is 6.26. The summed E-state index contributed by atoms with van der Waals surface area (Å²) in [6.45, 7) is 7.81. The second kappa shape index (κ2) is 7.65. The summed E-state index contributed by atoms with van der Waals surface area (Å²) in [6, 6.07) is 14.9. The standard InChI is InChI=1S/C20H22N2O2/c1-13(2)19(24-18-8-6-5-7-16(18)12-21)20(23)22-17-10-14(3)9-15(4)11-17/h5-11,13,19H,1-4H3,(H,22,23). The molecule has 24 heavy (non-hydrogen) atoms. The summed E-state index contributed by atoms with van der Waals surface area (Å²) in [5, 5.41) is 12.1. The molecule has 0 aromatic heterocycles. The van der Waals surface area contributed by atoms with Crippen molar-refractivity contribution >= 4 is 11.6 Å². The Kier molecular flexibility index (Phi) is 5.59. The van der Waals surface area contributed by atoms with Crippen molar-refractivity contribution in [3.63, 3.8) is 0 Å². The van der Waals surface area contributed by atoms with Crippen LogP contribution in [-0.2, 0) is 4.79 Å². The van der Waals surface area contributed by atoms with E-state index in [0.29, 0.717) is 11.3 Å². The van der Waals surface area contributed by atoms with Crippen molar-refractivity contribution in [1.82, 2.24) is 0 Å². The van der Waals surface area contributed by atoms with Gasteiger partial charge in [-0.05, 0) is 55.2 Å². The van der Waals surface area contributed by atoms with Crippen molar-refractivity contribution < 1.29 is 9.53 Å². The number of para-hydroxylation sites is 1. The van der Waals surface area contributed by atoms with E-state index in [1.165, 1.54) is 0 Å². The molecule has 0 bridgehead atoms. The number of rotatable bonds is 5. The number of hydrogen-bond donors (Lipinski definition) is 1. The van der Waals surface area contributed by atoms with Crippen LogP contribution in [0.4, 0.5) is 5.69 Å². The molecular formula is C20H22N2O2. The highest BCUT2D eigenvalue weighted by Gasteiger charge is 2.25. The molecular weight excluding hydrogens is 300 g/mol. The van der Waals surface area contributed by atoms with Gasteiger partial charge in [0.1, 0.15) is 11.8 Å². The Bertz CT molecular complexity index is 755. The summed E-state index contributed by atoms with van der Waals surface area (Å²) in [6.07, 6.45) is -0.680. The number of anilines is 1. The highest BCUT2D eigenvalue weighted by Crippen LogP contribution is 2.22. The van der Waals surface area contributed by atoms with Gasteiger partial charge in [-0.1, -0.05) is 32.0 Å². The Hall–Kier alpha value is -2.80. The number of hydrogen-bond acceptors (Lipinski definition) is 3. The maximum atomic E-state index is 12.7. The van der Waals surface area contributed by atoms with Crippen LogP contribution in [0, 0.1) is 31.1 Å². The van der Waals surface area contributed by atoms with Crippen LogP contribution in [-0.4, -0.2) is 12.0 Å². The summed E-state index contributed by atoms with van der Waals surface area (Å²) in [5.41, 5.74) is 3.34. The van der Waals surface area contributed by atoms with Crippen molar-refractivity contribution in [3.05, 3.63) is 59.2 Å². The molecule has 0 radical (unpaired) electrons. The van der Waals surface area contributed by atoms with Crippen LogP contribution in [0.3, 0.4) is 0 Å². The number of benzene rings is 2. The van der Waals surface area contributed by atoms with E-state index >= 15 is 0 Å². The molecule has 2 aromatic rings. The van der Waals surface area contributed by atoms with Gasteiger partial charge < -0.3 is 10.1 Å². The van der Waals surface area contributed by atoms with Crippen LogP contribution < -0.4 is 10.1 Å². The van der Waals surface area contributed by atoms with Gasteiger partial charge in [0.15, 0.2) is 6.10 Å². The molecule has 1 amide bonds. The van der Waals surface area contributed by atoms with Crippen LogP contribution in [0.5, 0.6) is 5.75 Å². The van der Waals surface area contributed by atoms with Gasteiger partial charge in [-0.15, -0.1) is 0 Å². The fourth-order valence-electron chi connectivity index (χ4n) is 2.55. The average molecular weight is 322 g/mol. The number of nitrogens with one attached hydrogen (secondary N) is 1. The molecule has 4 nitrogen and oxygen atoms in total. The molecule has 0 heterocycles. The minimum atomic E-state index is -0.680. The summed E-state index contributed by atoms with van der Waals surface area (Å²) in [5.74, 6) is 0.166. The van der Waals surface area contributed by atoms with Crippen LogP contribution in [0.2, 0.25) is 0 Å². The third-order valence-electron chi connectivity index (χ3n) is 3.61. The molecule has 1 N–H and O–H groups in total. The van der Waals surface area contributed by atoms with E-state index in [1.807, 2.05) is 39.8 Å². The van der Waals surface area contributed by atoms with E-state index in [2.05, 4.69) is 17.5 Å². The van der Waals surface area contributed by atoms with Gasteiger partial charge in [-0.25, -0.2) is 0 Å². The molecule has 0 saturated heterocycles. The predicted molar refractivity (Wildman–Crippen MR) is 95.0 cm³/mol. The van der Waals surface area contributed by atoms with E-state index in [9.17, 15) is 10.1 Å². The zero-order valence-corrected chi connectivity index (χ0v) is 14.5. The van der Waals surface area contributed by atoms with Crippen LogP contribution in [0.15, 0.2) is 42.5 Å². The number of carbonyl (C=O) groups is 1. The van der Waals surface area contributed by atoms with Gasteiger partial charge in [-0.3, -0.25) is 4.79 Å². The fraction of sp³-hybridized carbons (Fsp3) is 0.300. The predicted octanol–water partition coefficient (Wildman–Crippen LogP) is 4.22. The summed E-state index contributed by atoms with van der Waals surface area (Å²) >= 11 is 0. The Balaban J connectivity index is 2.21. The van der Waals surface area contributed by atoms with E-state index < -0.39 is 6.10 Å². The molecule has 0 saturated carbocycles. The minimum Gasteiger partial charge on any atom is -0.479 e. The molecule has 0 aliphatic carbocycles. The van der Waals surface area contributed by atoms with Crippen molar-refractivity contribution in [2.75, 3.05) is 5.32 Å². The van der Waals surface area contributed by atoms with Gasteiger partial charge in [0.25, 0.3) is 5.91 Å². The fourth-order valence-corrected chi connectivity index (χ4v) is 2.55. The molecule has 2 aromatic carbocycles. The second-order valence-corrected chi connectivity index (χ2v) is 6.26. The zero-order valence-electron chi connectivity index (χ0n) is 14.5. The first kappa shape index (κ1) is 17.6. The highest BCUT2D eigenvalue weighted by molar-refractivity contribution is 5.94. The van der Waals surface area contributed by atoms with Crippen LogP contribution in [0.25, 0.3) is 0 Å². The van der Waals surface area contributed by atoms with Crippen molar-refractivity contribution in [3.8, 4) is 11.8 Å². The molecule has 2 rings (SSSR count). The van der Waals surface area contributed by atoms with Crippen molar-refractivity contribution in [1.29, 1.82) is 5.26 Å². The lowest BCUT2D eigenvalue weighted by atomic mass is 10.1. The first-order chi connectivity index (χ1) is 11.4. The van der Waals surface area contributed by atoms with Crippen molar-refractivity contribution in [2.45, 2.75) is 33.8 Å². The molecule has 4 heteroatoms. The molecule has 0 fully saturated rings. The molecule has 0 spiro atoms. The number of ether oxygens (including phenoxy) is 1. The normalized spacial score (nSPS) is 11.7. The minimum absolute atomic E-state index is 0.0392. The Morgan fingerprint density at radius 2 is 1.75 bits per heavy atom. The first-order valence-corrected chi connectivity index (χ1v) is 7.95. The quantitative estimate of drug-likeness (QED) is 0.896. The summed E-state index contributed by atoms with van der Waals surface area (Å²) < 4.78 is 5.86. The Morgan fingerprint density at radius 1 is 1.12 bits per heavy atom. The van der Waals surface area contributed by atoms with Gasteiger partial charge in [-0.2, -0.15) is 5.26 Å². The third-order valence-corrected chi connectivity index (χ3v) is 3.61. The van der Waals surface area contributed by atoms with Crippen LogP contribution in [0.1, 0.15) is 30.5 Å². The first-order valence-electron chi connectivity index (χ1n) is 7.95. The number of amides is 1. The summed E-state index contributed by atoms with van der Waals surface area (Å²) in [7, 11) is 0. The van der Waals surface area contributed by atoms with Crippen molar-refractivity contribution in [2.24, 2.45) is 5.92 Å². The maximum absolute atomic E-state index is 12.7. The number of nitrogens with zero attached hydrogens (tertiary/aromatic N) is 1. The lowest BCUT2D eigenvalue weighted by molar-refractivity contribution is -0.124. The third kappa shape index (κ3) is 4.36. The number of nitriles is 1. The Morgan fingerprint density at radius 3 is 2.33 bits per heavy atom. The SMILES string of the molecule is Cc1cc(C)cc(NC(=O)C(Oc2ccccc2C#N)C(C)C)c1.